The molecule has 0 saturated carbocycles. The molecule has 0 spiro atoms. The highest BCUT2D eigenvalue weighted by atomic mass is 35.5. The molecule has 8 heteroatoms. The molecule has 0 bridgehead atoms. The average Bonchev–Trinajstić information content (AvgIpc) is 3.03. The van der Waals surface area contributed by atoms with Gasteiger partial charge in [0.2, 0.25) is 5.91 Å². The molecule has 130 valence electrons. The van der Waals surface area contributed by atoms with Gasteiger partial charge in [0.1, 0.15) is 0 Å². The molecule has 1 atom stereocenters. The first-order valence-corrected chi connectivity index (χ1v) is 7.90. The van der Waals surface area contributed by atoms with Crippen molar-refractivity contribution in [3.63, 3.8) is 0 Å². The van der Waals surface area contributed by atoms with Gasteiger partial charge in [-0.15, -0.1) is 12.4 Å². The lowest BCUT2D eigenvalue weighted by atomic mass is 9.96. The van der Waals surface area contributed by atoms with Crippen LogP contribution in [0.2, 0.25) is 0 Å². The maximum atomic E-state index is 12.8. The van der Waals surface area contributed by atoms with E-state index in [4.69, 9.17) is 5.73 Å². The van der Waals surface area contributed by atoms with Crippen LogP contribution >= 0.6 is 12.4 Å². The minimum absolute atomic E-state index is 0. The maximum Gasteiger partial charge on any atom is 0.257 e. The Bertz CT molecular complexity index is 717. The van der Waals surface area contributed by atoms with Gasteiger partial charge < -0.3 is 16.0 Å². The van der Waals surface area contributed by atoms with E-state index >= 15 is 0 Å². The minimum atomic E-state index is -0.166. The van der Waals surface area contributed by atoms with Crippen molar-refractivity contribution in [3.05, 3.63) is 36.2 Å². The zero-order valence-electron chi connectivity index (χ0n) is 13.4. The van der Waals surface area contributed by atoms with Gasteiger partial charge in [-0.3, -0.25) is 9.59 Å². The molecule has 2 amide bonds. The Hall–Kier alpha value is -2.12. The van der Waals surface area contributed by atoms with Gasteiger partial charge in [-0.1, -0.05) is 6.07 Å². The van der Waals surface area contributed by atoms with Gasteiger partial charge in [0.05, 0.1) is 23.2 Å². The molecule has 0 aromatic carbocycles. The van der Waals surface area contributed by atoms with E-state index in [0.717, 1.165) is 18.4 Å². The number of amides is 2. The van der Waals surface area contributed by atoms with E-state index in [2.05, 4.69) is 10.4 Å². The molecule has 2 aromatic heterocycles. The molecule has 3 rings (SSSR count). The second kappa shape index (κ2) is 8.12. The third-order valence-corrected chi connectivity index (χ3v) is 4.18. The molecule has 1 aliphatic rings. The third-order valence-electron chi connectivity index (χ3n) is 4.18. The predicted octanol–water partition coefficient (Wildman–Crippen LogP) is 0.683. The number of pyridine rings is 1. The summed E-state index contributed by atoms with van der Waals surface area (Å²) >= 11 is 0. The summed E-state index contributed by atoms with van der Waals surface area (Å²) in [5.41, 5.74) is 6.77. The van der Waals surface area contributed by atoms with Crippen LogP contribution in [-0.4, -0.2) is 52.5 Å². The quantitative estimate of drug-likeness (QED) is 0.847. The molecule has 3 N–H and O–H groups in total. The van der Waals surface area contributed by atoms with E-state index in [1.54, 1.807) is 15.6 Å². The zero-order valence-corrected chi connectivity index (χ0v) is 14.2. The van der Waals surface area contributed by atoms with Gasteiger partial charge >= 0.3 is 0 Å². The first-order valence-electron chi connectivity index (χ1n) is 7.90. The van der Waals surface area contributed by atoms with Gasteiger partial charge in [-0.2, -0.15) is 5.10 Å². The van der Waals surface area contributed by atoms with Crippen LogP contribution in [0.1, 0.15) is 23.2 Å². The first kappa shape index (κ1) is 18.2. The van der Waals surface area contributed by atoms with Crippen LogP contribution in [0.25, 0.3) is 5.52 Å². The number of hydrogen-bond donors (Lipinski definition) is 2. The van der Waals surface area contributed by atoms with E-state index in [1.165, 1.54) is 0 Å². The van der Waals surface area contributed by atoms with E-state index < -0.39 is 0 Å². The van der Waals surface area contributed by atoms with Gasteiger partial charge in [-0.25, -0.2) is 4.52 Å². The molecule has 0 radical (unpaired) electrons. The fourth-order valence-corrected chi connectivity index (χ4v) is 2.98. The van der Waals surface area contributed by atoms with Crippen molar-refractivity contribution in [1.82, 2.24) is 19.8 Å². The molecule has 7 nitrogen and oxygen atoms in total. The largest absolute Gasteiger partial charge is 0.355 e. The maximum absolute atomic E-state index is 12.8. The number of nitrogens with one attached hydrogen (secondary N) is 1. The number of likely N-dealkylation sites (tertiary alicyclic amines) is 1. The predicted molar refractivity (Wildman–Crippen MR) is 93.1 cm³/mol. The molecule has 24 heavy (non-hydrogen) atoms. The molecule has 1 aliphatic heterocycles. The van der Waals surface area contributed by atoms with Crippen molar-refractivity contribution in [1.29, 1.82) is 0 Å². The van der Waals surface area contributed by atoms with Crippen LogP contribution in [0.15, 0.2) is 30.6 Å². The van der Waals surface area contributed by atoms with Crippen LogP contribution in [0.5, 0.6) is 0 Å². The van der Waals surface area contributed by atoms with Crippen LogP contribution in [0.3, 0.4) is 0 Å². The number of nitrogens with two attached hydrogens (primary N) is 1. The number of hydrogen-bond acceptors (Lipinski definition) is 4. The molecule has 1 saturated heterocycles. The van der Waals surface area contributed by atoms with E-state index in [-0.39, 0.29) is 30.1 Å². The summed E-state index contributed by atoms with van der Waals surface area (Å²) < 4.78 is 1.68. The van der Waals surface area contributed by atoms with Crippen molar-refractivity contribution in [3.8, 4) is 0 Å². The molecular formula is C16H22ClN5O2. The summed E-state index contributed by atoms with van der Waals surface area (Å²) in [5.74, 6) is -0.253. The topological polar surface area (TPSA) is 92.7 Å². The number of carbonyl (C=O) groups excluding carboxylic acids is 2. The van der Waals surface area contributed by atoms with Crippen molar-refractivity contribution in [2.45, 2.75) is 12.8 Å². The highest BCUT2D eigenvalue weighted by Gasteiger charge is 2.29. The van der Waals surface area contributed by atoms with Crippen molar-refractivity contribution < 1.29 is 9.59 Å². The summed E-state index contributed by atoms with van der Waals surface area (Å²) in [6.07, 6.45) is 5.03. The number of aromatic nitrogens is 2. The highest BCUT2D eigenvalue weighted by Crippen LogP contribution is 2.20. The zero-order chi connectivity index (χ0) is 16.2. The van der Waals surface area contributed by atoms with E-state index in [0.29, 0.717) is 31.7 Å². The molecule has 1 fully saturated rings. The van der Waals surface area contributed by atoms with Crippen LogP contribution in [0.4, 0.5) is 0 Å². The summed E-state index contributed by atoms with van der Waals surface area (Å²) in [4.78, 5) is 26.6. The highest BCUT2D eigenvalue weighted by molar-refractivity contribution is 6.00. The van der Waals surface area contributed by atoms with Gasteiger partial charge in [-0.05, 0) is 25.0 Å². The van der Waals surface area contributed by atoms with E-state index in [1.807, 2.05) is 24.4 Å². The summed E-state index contributed by atoms with van der Waals surface area (Å²) in [5, 5.41) is 7.01. The summed E-state index contributed by atoms with van der Waals surface area (Å²) in [7, 11) is 0. The first-order chi connectivity index (χ1) is 11.2. The Morgan fingerprint density at radius 1 is 1.38 bits per heavy atom. The Morgan fingerprint density at radius 2 is 2.21 bits per heavy atom. The lowest BCUT2D eigenvalue weighted by Gasteiger charge is -2.31. The standard InChI is InChI=1S/C16H21N5O2.ClH/c17-6-7-18-15(22)12-4-3-8-20(11-12)16(23)13-10-19-21-9-2-1-5-14(13)21;/h1-2,5,9-10,12H,3-4,6-8,11,17H2,(H,18,22);1H. The number of rotatable bonds is 4. The summed E-state index contributed by atoms with van der Waals surface area (Å²) in [6.45, 7) is 2.00. The normalized spacial score (nSPS) is 17.4. The Labute approximate surface area is 146 Å². The number of piperidine rings is 1. The minimum Gasteiger partial charge on any atom is -0.355 e. The number of carbonyl (C=O) groups is 2. The molecule has 2 aromatic rings. The fourth-order valence-electron chi connectivity index (χ4n) is 2.98. The monoisotopic (exact) mass is 351 g/mol. The molecule has 0 aliphatic carbocycles. The third kappa shape index (κ3) is 3.68. The van der Waals surface area contributed by atoms with Crippen LogP contribution < -0.4 is 11.1 Å². The molecule has 3 heterocycles. The second-order valence-electron chi connectivity index (χ2n) is 5.76. The second-order valence-corrected chi connectivity index (χ2v) is 5.76. The van der Waals surface area contributed by atoms with Gasteiger partial charge in [0.25, 0.3) is 5.91 Å². The summed E-state index contributed by atoms with van der Waals surface area (Å²) in [6, 6.07) is 5.62. The van der Waals surface area contributed by atoms with E-state index in [9.17, 15) is 9.59 Å². The van der Waals surface area contributed by atoms with Gasteiger partial charge in [0, 0.05) is 32.4 Å². The van der Waals surface area contributed by atoms with Crippen molar-refractivity contribution in [2.75, 3.05) is 26.2 Å². The average molecular weight is 352 g/mol. The smallest absolute Gasteiger partial charge is 0.257 e. The van der Waals surface area contributed by atoms with Crippen LogP contribution in [0, 0.1) is 5.92 Å². The van der Waals surface area contributed by atoms with Crippen LogP contribution in [-0.2, 0) is 4.79 Å². The Morgan fingerprint density at radius 3 is 3.00 bits per heavy atom. The van der Waals surface area contributed by atoms with Gasteiger partial charge in [0.15, 0.2) is 0 Å². The van der Waals surface area contributed by atoms with Crippen molar-refractivity contribution in [2.24, 2.45) is 11.7 Å². The number of halogens is 1. The lowest BCUT2D eigenvalue weighted by molar-refractivity contribution is -0.126. The molecule has 1 unspecified atom stereocenters. The fraction of sp³-hybridized carbons (Fsp3) is 0.438. The Kier molecular flexibility index (Phi) is 6.16. The SMILES string of the molecule is Cl.NCCNC(=O)C1CCCN(C(=O)c2cnn3ccccc23)C1. The van der Waals surface area contributed by atoms with Crippen molar-refractivity contribution >= 4 is 29.7 Å². The number of fused-ring (bicyclic) bond motifs is 1. The molecular weight excluding hydrogens is 330 g/mol. The lowest BCUT2D eigenvalue weighted by Crippen LogP contribution is -2.46. The Balaban J connectivity index is 0.00000208. The number of nitrogens with zero attached hydrogens (tertiary/aromatic N) is 3.